The lowest BCUT2D eigenvalue weighted by Gasteiger charge is -2.30. The Bertz CT molecular complexity index is 1730. The van der Waals surface area contributed by atoms with Crippen molar-refractivity contribution < 1.29 is 19.2 Å². The number of hydrogen-bond acceptors (Lipinski definition) is 8. The number of amides is 2. The highest BCUT2D eigenvalue weighted by molar-refractivity contribution is 8.00. The van der Waals surface area contributed by atoms with E-state index in [0.717, 1.165) is 39.8 Å². The van der Waals surface area contributed by atoms with Gasteiger partial charge >= 0.3 is 4.87 Å². The van der Waals surface area contributed by atoms with Gasteiger partial charge in [-0.25, -0.2) is 4.90 Å². The Labute approximate surface area is 237 Å². The fourth-order valence-corrected chi connectivity index (χ4v) is 7.79. The van der Waals surface area contributed by atoms with Gasteiger partial charge in [0.25, 0.3) is 5.69 Å². The molecule has 9 nitrogen and oxygen atoms in total. The summed E-state index contributed by atoms with van der Waals surface area (Å²) in [5, 5.41) is 11.5. The lowest BCUT2D eigenvalue weighted by Crippen LogP contribution is -2.32. The van der Waals surface area contributed by atoms with E-state index in [1.54, 1.807) is 12.1 Å². The first kappa shape index (κ1) is 26.0. The Morgan fingerprint density at radius 2 is 1.75 bits per heavy atom. The molecule has 202 valence electrons. The number of imide groups is 1. The second-order valence-electron chi connectivity index (χ2n) is 9.85. The van der Waals surface area contributed by atoms with E-state index in [1.807, 2.05) is 50.2 Å². The fraction of sp³-hybridized carbons (Fsp3) is 0.207. The molecule has 0 saturated carbocycles. The van der Waals surface area contributed by atoms with Gasteiger partial charge in [0, 0.05) is 28.5 Å². The van der Waals surface area contributed by atoms with E-state index in [0.29, 0.717) is 26.9 Å². The Morgan fingerprint density at radius 1 is 0.975 bits per heavy atom. The summed E-state index contributed by atoms with van der Waals surface area (Å²) in [5.41, 5.74) is 3.63. The number of carbonyl (C=O) groups is 2. The molecule has 2 aliphatic heterocycles. The maximum Gasteiger partial charge on any atom is 0.305 e. The van der Waals surface area contributed by atoms with Crippen molar-refractivity contribution in [3.63, 3.8) is 0 Å². The van der Waals surface area contributed by atoms with Crippen molar-refractivity contribution in [3.05, 3.63) is 114 Å². The number of thiazole rings is 1. The molecule has 2 amide bonds. The molecule has 4 aromatic rings. The number of carbonyl (C=O) groups excluding carboxylic acids is 2. The van der Waals surface area contributed by atoms with E-state index < -0.39 is 27.9 Å². The van der Waals surface area contributed by atoms with Crippen LogP contribution in [0.4, 0.5) is 11.4 Å². The highest BCUT2D eigenvalue weighted by atomic mass is 32.2. The number of H-pyrrole nitrogens is 1. The molecule has 0 aliphatic carbocycles. The number of nitrogens with zero attached hydrogens (tertiary/aromatic N) is 2. The number of non-ortho nitro benzene ring substituents is 1. The van der Waals surface area contributed by atoms with Gasteiger partial charge in [0.1, 0.15) is 17.6 Å². The zero-order valence-electron chi connectivity index (χ0n) is 21.5. The third-order valence-electron chi connectivity index (χ3n) is 7.13. The molecule has 1 N–H and O–H groups in total. The van der Waals surface area contributed by atoms with Crippen molar-refractivity contribution in [1.82, 2.24) is 4.98 Å². The number of hydrogen-bond donors (Lipinski definition) is 1. The predicted molar refractivity (Wildman–Crippen MR) is 152 cm³/mol. The van der Waals surface area contributed by atoms with Crippen molar-refractivity contribution in [2.75, 3.05) is 4.90 Å². The molecule has 11 heteroatoms. The first-order chi connectivity index (χ1) is 19.2. The number of aromatic nitrogens is 1. The Kier molecular flexibility index (Phi) is 6.55. The summed E-state index contributed by atoms with van der Waals surface area (Å²) in [6.07, 6.45) is 0. The number of anilines is 1. The molecule has 40 heavy (non-hydrogen) atoms. The molecule has 0 radical (unpaired) electrons. The average Bonchev–Trinajstić information content (AvgIpc) is 3.42. The van der Waals surface area contributed by atoms with E-state index in [2.05, 4.69) is 4.98 Å². The largest absolute Gasteiger partial charge is 0.489 e. The van der Waals surface area contributed by atoms with Crippen LogP contribution in [0, 0.1) is 29.9 Å². The van der Waals surface area contributed by atoms with Gasteiger partial charge < -0.3 is 9.72 Å². The Morgan fingerprint density at radius 3 is 2.48 bits per heavy atom. The SMILES string of the molecule is Cc1ccc(N2C(=O)C3Sc4[nH]c(=O)sc4C(c4cc([N+](=O)[O-])ccc4OCc4cccc(C)c4)C3C2=O)cc1. The molecule has 3 unspecified atom stereocenters. The maximum atomic E-state index is 14.0. The molecule has 1 saturated heterocycles. The van der Waals surface area contributed by atoms with Crippen molar-refractivity contribution in [2.24, 2.45) is 5.92 Å². The van der Waals surface area contributed by atoms with Crippen LogP contribution in [-0.2, 0) is 16.2 Å². The van der Waals surface area contributed by atoms with Crippen LogP contribution in [0.5, 0.6) is 5.75 Å². The molecule has 3 heterocycles. The second kappa shape index (κ2) is 10.1. The lowest BCUT2D eigenvalue weighted by atomic mass is 9.82. The quantitative estimate of drug-likeness (QED) is 0.188. The number of nitro groups is 1. The zero-order valence-corrected chi connectivity index (χ0v) is 23.1. The third kappa shape index (κ3) is 4.50. The number of nitro benzene ring substituents is 1. The van der Waals surface area contributed by atoms with Crippen LogP contribution in [0.25, 0.3) is 0 Å². The van der Waals surface area contributed by atoms with Crippen molar-refractivity contribution in [1.29, 1.82) is 0 Å². The van der Waals surface area contributed by atoms with Crippen LogP contribution in [-0.4, -0.2) is 27.0 Å². The predicted octanol–water partition coefficient (Wildman–Crippen LogP) is 5.34. The summed E-state index contributed by atoms with van der Waals surface area (Å²) in [6.45, 7) is 4.08. The number of aromatic amines is 1. The third-order valence-corrected chi connectivity index (χ3v) is 9.53. The number of fused-ring (bicyclic) bond motifs is 2. The van der Waals surface area contributed by atoms with Crippen molar-refractivity contribution in [3.8, 4) is 5.75 Å². The second-order valence-corrected chi connectivity index (χ2v) is 12.0. The van der Waals surface area contributed by atoms with Crippen molar-refractivity contribution >= 4 is 46.3 Å². The number of rotatable bonds is 6. The van der Waals surface area contributed by atoms with E-state index in [-0.39, 0.29) is 23.1 Å². The maximum absolute atomic E-state index is 14.0. The number of benzene rings is 3. The number of aryl methyl sites for hydroxylation is 2. The van der Waals surface area contributed by atoms with Gasteiger partial charge in [-0.2, -0.15) is 0 Å². The van der Waals surface area contributed by atoms with Gasteiger partial charge in [-0.3, -0.25) is 24.5 Å². The first-order valence-corrected chi connectivity index (χ1v) is 14.2. The highest BCUT2D eigenvalue weighted by Gasteiger charge is 2.57. The van der Waals surface area contributed by atoms with Crippen LogP contribution >= 0.6 is 23.1 Å². The standard InChI is InChI=1S/C29H23N3O6S2/c1-15-6-8-18(9-7-15)31-27(33)23-22(24-26(30-29(35)40-24)39-25(23)28(31)34)20-13-19(32(36)37)10-11-21(20)38-14-17-5-3-4-16(2)12-17/h3-13,22-23,25H,14H2,1-2H3,(H,30,35). The van der Waals surface area contributed by atoms with E-state index in [9.17, 15) is 24.5 Å². The van der Waals surface area contributed by atoms with Crippen LogP contribution in [0.3, 0.4) is 0 Å². The zero-order chi connectivity index (χ0) is 28.1. The molecule has 0 bridgehead atoms. The fourth-order valence-electron chi connectivity index (χ4n) is 5.29. The van der Waals surface area contributed by atoms with E-state index in [1.165, 1.54) is 23.1 Å². The summed E-state index contributed by atoms with van der Waals surface area (Å²) in [6, 6.07) is 19.2. The van der Waals surface area contributed by atoms with E-state index >= 15 is 0 Å². The summed E-state index contributed by atoms with van der Waals surface area (Å²) in [4.78, 5) is 55.7. The molecule has 6 rings (SSSR count). The minimum atomic E-state index is -0.888. The lowest BCUT2D eigenvalue weighted by molar-refractivity contribution is -0.385. The molecular weight excluding hydrogens is 550 g/mol. The number of ether oxygens (including phenoxy) is 1. The molecule has 1 aromatic heterocycles. The minimum absolute atomic E-state index is 0.177. The van der Waals surface area contributed by atoms with Gasteiger partial charge in [-0.15, -0.1) is 0 Å². The molecule has 3 atom stereocenters. The summed E-state index contributed by atoms with van der Waals surface area (Å²) in [7, 11) is 0. The molecule has 2 aliphatic rings. The van der Waals surface area contributed by atoms with Gasteiger partial charge in [0.2, 0.25) is 11.8 Å². The van der Waals surface area contributed by atoms with Gasteiger partial charge in [-0.1, -0.05) is 70.6 Å². The monoisotopic (exact) mass is 573 g/mol. The smallest absolute Gasteiger partial charge is 0.305 e. The number of nitrogens with one attached hydrogen (secondary N) is 1. The molecule has 1 fully saturated rings. The summed E-state index contributed by atoms with van der Waals surface area (Å²) in [5.74, 6) is -2.15. The molecule has 3 aromatic carbocycles. The van der Waals surface area contributed by atoms with Crippen molar-refractivity contribution in [2.45, 2.75) is 36.6 Å². The van der Waals surface area contributed by atoms with Gasteiger partial charge in [-0.05, 0) is 37.6 Å². The summed E-state index contributed by atoms with van der Waals surface area (Å²) >= 11 is 2.10. The Hall–Kier alpha value is -4.22. The van der Waals surface area contributed by atoms with Gasteiger partial charge in [0.05, 0.1) is 21.6 Å². The van der Waals surface area contributed by atoms with Crippen LogP contribution < -0.4 is 14.5 Å². The topological polar surface area (TPSA) is 123 Å². The first-order valence-electron chi connectivity index (χ1n) is 12.5. The Balaban J connectivity index is 1.48. The van der Waals surface area contributed by atoms with Crippen LogP contribution in [0.1, 0.15) is 33.0 Å². The van der Waals surface area contributed by atoms with Crippen LogP contribution in [0.15, 0.2) is 76.6 Å². The molecule has 0 spiro atoms. The normalized spacial score (nSPS) is 19.9. The van der Waals surface area contributed by atoms with Gasteiger partial charge in [0.15, 0.2) is 0 Å². The van der Waals surface area contributed by atoms with Crippen LogP contribution in [0.2, 0.25) is 0 Å². The number of thioether (sulfide) groups is 1. The molecular formula is C29H23N3O6S2. The van der Waals surface area contributed by atoms with E-state index in [4.69, 9.17) is 4.74 Å². The summed E-state index contributed by atoms with van der Waals surface area (Å²) < 4.78 is 6.20. The average molecular weight is 574 g/mol. The highest BCUT2D eigenvalue weighted by Crippen LogP contribution is 2.55. The minimum Gasteiger partial charge on any atom is -0.489 e.